The summed E-state index contributed by atoms with van der Waals surface area (Å²) in [6.45, 7) is 0. The Kier molecular flexibility index (Phi) is 4.00. The highest BCUT2D eigenvalue weighted by Gasteiger charge is 2.20. The van der Waals surface area contributed by atoms with E-state index < -0.39 is 12.2 Å². The average Bonchev–Trinajstić information content (AvgIpc) is 2.45. The summed E-state index contributed by atoms with van der Waals surface area (Å²) in [5.41, 5.74) is 0.596. The van der Waals surface area contributed by atoms with Crippen molar-refractivity contribution >= 4 is 10.8 Å². The second-order valence-electron chi connectivity index (χ2n) is 4.28. The van der Waals surface area contributed by atoms with Crippen LogP contribution in [0.2, 0.25) is 0 Å². The predicted molar refractivity (Wildman–Crippen MR) is 71.7 cm³/mol. The van der Waals surface area contributed by atoms with Gasteiger partial charge in [0.15, 0.2) is 0 Å². The molecule has 0 heterocycles. The lowest BCUT2D eigenvalue weighted by Gasteiger charge is -2.18. The van der Waals surface area contributed by atoms with Crippen LogP contribution in [0.3, 0.4) is 0 Å². The van der Waals surface area contributed by atoms with Crippen LogP contribution >= 0.6 is 0 Å². The number of ether oxygens (including phenoxy) is 1. The third-order valence-corrected chi connectivity index (χ3v) is 3.12. The number of aliphatic hydroxyl groups is 2. The Morgan fingerprint density at radius 1 is 1.16 bits per heavy atom. The van der Waals surface area contributed by atoms with Crippen LogP contribution in [-0.4, -0.2) is 23.4 Å². The Bertz CT molecular complexity index is 618. The number of rotatable bonds is 4. The van der Waals surface area contributed by atoms with E-state index in [0.29, 0.717) is 11.3 Å². The van der Waals surface area contributed by atoms with Crippen molar-refractivity contribution in [3.05, 3.63) is 42.0 Å². The van der Waals surface area contributed by atoms with Gasteiger partial charge in [-0.3, -0.25) is 0 Å². The number of methoxy groups -OCH3 is 1. The van der Waals surface area contributed by atoms with Crippen LogP contribution in [0.5, 0.6) is 5.75 Å². The van der Waals surface area contributed by atoms with Crippen molar-refractivity contribution in [3.63, 3.8) is 0 Å². The molecule has 0 aromatic heterocycles. The van der Waals surface area contributed by atoms with E-state index in [9.17, 15) is 10.2 Å². The Hall–Kier alpha value is -2.09. The summed E-state index contributed by atoms with van der Waals surface area (Å²) in [6.07, 6.45) is -2.29. The fraction of sp³-hybridized carbons (Fsp3) is 0.267. The first-order chi connectivity index (χ1) is 9.19. The van der Waals surface area contributed by atoms with Crippen molar-refractivity contribution in [2.24, 2.45) is 0 Å². The summed E-state index contributed by atoms with van der Waals surface area (Å²) in [6, 6.07) is 12.8. The highest BCUT2D eigenvalue weighted by atomic mass is 16.5. The van der Waals surface area contributed by atoms with E-state index >= 15 is 0 Å². The summed E-state index contributed by atoms with van der Waals surface area (Å²) >= 11 is 0. The molecule has 0 fully saturated rings. The van der Waals surface area contributed by atoms with Crippen LogP contribution in [0, 0.1) is 11.3 Å². The average molecular weight is 257 g/mol. The van der Waals surface area contributed by atoms with Crippen LogP contribution in [0.1, 0.15) is 18.1 Å². The second-order valence-corrected chi connectivity index (χ2v) is 4.28. The highest BCUT2D eigenvalue weighted by Crippen LogP contribution is 2.32. The van der Waals surface area contributed by atoms with E-state index in [-0.39, 0.29) is 6.42 Å². The van der Waals surface area contributed by atoms with Crippen LogP contribution in [-0.2, 0) is 0 Å². The topological polar surface area (TPSA) is 73.5 Å². The molecular weight excluding hydrogens is 242 g/mol. The van der Waals surface area contributed by atoms with Gasteiger partial charge >= 0.3 is 0 Å². The molecule has 0 aliphatic rings. The van der Waals surface area contributed by atoms with Crippen LogP contribution in [0.15, 0.2) is 36.4 Å². The van der Waals surface area contributed by atoms with Gasteiger partial charge in [0.2, 0.25) is 0 Å². The van der Waals surface area contributed by atoms with Gasteiger partial charge in [-0.2, -0.15) is 5.26 Å². The minimum absolute atomic E-state index is 0.110. The van der Waals surface area contributed by atoms with E-state index in [1.54, 1.807) is 19.2 Å². The summed E-state index contributed by atoms with van der Waals surface area (Å²) in [5.74, 6) is 0.710. The smallest absolute Gasteiger partial charge is 0.126 e. The second kappa shape index (κ2) is 5.70. The summed E-state index contributed by atoms with van der Waals surface area (Å²) in [5, 5.41) is 30.2. The molecule has 0 saturated heterocycles. The number of hydrogen-bond donors (Lipinski definition) is 2. The minimum Gasteiger partial charge on any atom is -0.496 e. The van der Waals surface area contributed by atoms with Crippen molar-refractivity contribution in [1.82, 2.24) is 0 Å². The number of hydrogen-bond acceptors (Lipinski definition) is 4. The molecule has 4 nitrogen and oxygen atoms in total. The monoisotopic (exact) mass is 257 g/mol. The van der Waals surface area contributed by atoms with E-state index in [4.69, 9.17) is 10.00 Å². The van der Waals surface area contributed by atoms with E-state index in [0.717, 1.165) is 10.8 Å². The van der Waals surface area contributed by atoms with Crippen molar-refractivity contribution in [3.8, 4) is 11.8 Å². The first-order valence-corrected chi connectivity index (χ1v) is 5.97. The number of aliphatic hydroxyl groups excluding tert-OH is 2. The van der Waals surface area contributed by atoms with Gasteiger partial charge in [-0.25, -0.2) is 0 Å². The SMILES string of the molecule is COc1ccc(C(O)C(O)CC#N)c2ccccc12. The largest absolute Gasteiger partial charge is 0.496 e. The molecule has 2 N–H and O–H groups in total. The summed E-state index contributed by atoms with van der Waals surface area (Å²) in [4.78, 5) is 0. The maximum atomic E-state index is 10.1. The molecule has 0 aliphatic carbocycles. The predicted octanol–water partition coefficient (Wildman–Crippen LogP) is 2.16. The van der Waals surface area contributed by atoms with Gasteiger partial charge in [0, 0.05) is 5.39 Å². The lowest BCUT2D eigenvalue weighted by atomic mass is 9.96. The summed E-state index contributed by atoms with van der Waals surface area (Å²) < 4.78 is 5.27. The Morgan fingerprint density at radius 2 is 1.84 bits per heavy atom. The molecule has 0 amide bonds. The van der Waals surface area contributed by atoms with Gasteiger partial charge < -0.3 is 14.9 Å². The quantitative estimate of drug-likeness (QED) is 0.880. The maximum Gasteiger partial charge on any atom is 0.126 e. The first-order valence-electron chi connectivity index (χ1n) is 5.97. The van der Waals surface area contributed by atoms with Gasteiger partial charge in [0.25, 0.3) is 0 Å². The Morgan fingerprint density at radius 3 is 2.47 bits per heavy atom. The molecule has 2 rings (SSSR count). The third-order valence-electron chi connectivity index (χ3n) is 3.12. The first kappa shape index (κ1) is 13.3. The van der Waals surface area contributed by atoms with E-state index in [1.807, 2.05) is 30.3 Å². The molecule has 2 aromatic carbocycles. The molecule has 0 bridgehead atoms. The van der Waals surface area contributed by atoms with Gasteiger partial charge in [-0.05, 0) is 17.0 Å². The van der Waals surface area contributed by atoms with Gasteiger partial charge in [0.1, 0.15) is 11.9 Å². The summed E-state index contributed by atoms with van der Waals surface area (Å²) in [7, 11) is 1.59. The Balaban J connectivity index is 2.53. The normalized spacial score (nSPS) is 13.8. The van der Waals surface area contributed by atoms with E-state index in [1.165, 1.54) is 0 Å². The van der Waals surface area contributed by atoms with Gasteiger partial charge in [0.05, 0.1) is 25.7 Å². The lowest BCUT2D eigenvalue weighted by molar-refractivity contribution is 0.0225. The molecule has 0 aliphatic heterocycles. The third kappa shape index (κ3) is 2.53. The lowest BCUT2D eigenvalue weighted by Crippen LogP contribution is -2.17. The van der Waals surface area contributed by atoms with E-state index in [2.05, 4.69) is 0 Å². The number of nitrogens with zero attached hydrogens (tertiary/aromatic N) is 1. The van der Waals surface area contributed by atoms with Crippen molar-refractivity contribution in [1.29, 1.82) is 5.26 Å². The zero-order valence-corrected chi connectivity index (χ0v) is 10.6. The van der Waals surface area contributed by atoms with Crippen molar-refractivity contribution in [2.75, 3.05) is 7.11 Å². The fourth-order valence-corrected chi connectivity index (χ4v) is 2.14. The zero-order valence-electron chi connectivity index (χ0n) is 10.6. The molecule has 4 heteroatoms. The van der Waals surface area contributed by atoms with Crippen molar-refractivity contribution < 1.29 is 14.9 Å². The van der Waals surface area contributed by atoms with Crippen LogP contribution < -0.4 is 4.74 Å². The molecule has 0 radical (unpaired) electrons. The fourth-order valence-electron chi connectivity index (χ4n) is 2.14. The minimum atomic E-state index is -1.10. The standard InChI is InChI=1S/C15H15NO3/c1-19-14-7-6-12(15(18)13(17)8-9-16)10-4-2-3-5-11(10)14/h2-7,13,15,17-18H,8H2,1H3. The number of benzene rings is 2. The molecule has 98 valence electrons. The zero-order chi connectivity index (χ0) is 13.8. The van der Waals surface area contributed by atoms with Gasteiger partial charge in [-0.15, -0.1) is 0 Å². The number of fused-ring (bicyclic) bond motifs is 1. The molecule has 2 atom stereocenters. The molecule has 2 unspecified atom stereocenters. The van der Waals surface area contributed by atoms with Crippen LogP contribution in [0.25, 0.3) is 10.8 Å². The molecular formula is C15H15NO3. The van der Waals surface area contributed by atoms with Crippen LogP contribution in [0.4, 0.5) is 0 Å². The molecule has 0 saturated carbocycles. The van der Waals surface area contributed by atoms with Gasteiger partial charge in [-0.1, -0.05) is 30.3 Å². The molecule has 0 spiro atoms. The maximum absolute atomic E-state index is 10.1. The molecule has 2 aromatic rings. The number of nitriles is 1. The Labute approximate surface area is 111 Å². The van der Waals surface area contributed by atoms with Crippen molar-refractivity contribution in [2.45, 2.75) is 18.6 Å². The molecule has 19 heavy (non-hydrogen) atoms. The highest BCUT2D eigenvalue weighted by molar-refractivity contribution is 5.91.